The number of rotatable bonds is 3. The predicted octanol–water partition coefficient (Wildman–Crippen LogP) is 5.32. The summed E-state index contributed by atoms with van der Waals surface area (Å²) < 4.78 is 67.0. The van der Waals surface area contributed by atoms with E-state index in [0.717, 1.165) is 12.3 Å². The van der Waals surface area contributed by atoms with Gasteiger partial charge in [0.2, 0.25) is 0 Å². The molecule has 1 aromatic carbocycles. The number of halogens is 4. The van der Waals surface area contributed by atoms with Crippen LogP contribution in [0.25, 0.3) is 32.0 Å². The number of hydrogen-bond acceptors (Lipinski definition) is 5. The van der Waals surface area contributed by atoms with Crippen molar-refractivity contribution in [3.05, 3.63) is 41.0 Å². The van der Waals surface area contributed by atoms with Crippen LogP contribution in [0.2, 0.25) is 5.02 Å². The number of pyridine rings is 1. The highest BCUT2D eigenvalue weighted by Crippen LogP contribution is 2.43. The molecule has 3 heterocycles. The number of fused-ring (bicyclic) bond motifs is 2. The first kappa shape index (κ1) is 20.1. The molecular formula is C18H13ClF3N3O2S2. The lowest BCUT2D eigenvalue weighted by atomic mass is 10.2. The van der Waals surface area contributed by atoms with E-state index in [0.29, 0.717) is 20.0 Å². The topological polar surface area (TPSA) is 64.8 Å². The molecule has 0 aliphatic rings. The van der Waals surface area contributed by atoms with Crippen LogP contribution in [0, 0.1) is 0 Å². The van der Waals surface area contributed by atoms with Gasteiger partial charge >= 0.3 is 6.18 Å². The van der Waals surface area contributed by atoms with Gasteiger partial charge in [0.15, 0.2) is 21.3 Å². The molecule has 0 spiro atoms. The SMILES string of the molecule is CCS(=O)(=O)c1c(-c2nc3cc(C(F)(F)F)cnc3n2C)sc2ccc(Cl)cc12. The maximum atomic E-state index is 13.0. The number of hydrogen-bond donors (Lipinski definition) is 0. The van der Waals surface area contributed by atoms with Crippen LogP contribution in [0.3, 0.4) is 0 Å². The van der Waals surface area contributed by atoms with Crippen molar-refractivity contribution in [1.29, 1.82) is 0 Å². The van der Waals surface area contributed by atoms with Crippen molar-refractivity contribution in [3.63, 3.8) is 0 Å². The molecule has 0 bridgehead atoms. The summed E-state index contributed by atoms with van der Waals surface area (Å²) >= 11 is 7.26. The monoisotopic (exact) mass is 459 g/mol. The molecule has 0 saturated carbocycles. The summed E-state index contributed by atoms with van der Waals surface area (Å²) in [6, 6.07) is 5.84. The quantitative estimate of drug-likeness (QED) is 0.416. The summed E-state index contributed by atoms with van der Waals surface area (Å²) in [5.74, 6) is 0.0924. The van der Waals surface area contributed by atoms with Gasteiger partial charge in [-0.05, 0) is 24.3 Å². The van der Waals surface area contributed by atoms with E-state index >= 15 is 0 Å². The molecule has 11 heteroatoms. The summed E-state index contributed by atoms with van der Waals surface area (Å²) in [5, 5.41) is 0.853. The lowest BCUT2D eigenvalue weighted by Crippen LogP contribution is -2.06. The average molecular weight is 460 g/mol. The third-order valence-corrected chi connectivity index (χ3v) is 7.87. The molecule has 0 aliphatic heterocycles. The Morgan fingerprint density at radius 1 is 1.24 bits per heavy atom. The molecule has 5 nitrogen and oxygen atoms in total. The van der Waals surface area contributed by atoms with E-state index in [4.69, 9.17) is 11.6 Å². The number of sulfone groups is 1. The minimum atomic E-state index is -4.55. The number of benzene rings is 1. The number of aryl methyl sites for hydroxylation is 1. The first-order chi connectivity index (χ1) is 13.5. The Kier molecular flexibility index (Phi) is 4.63. The second-order valence-electron chi connectivity index (χ2n) is 6.36. The Labute approximate surface area is 172 Å². The predicted molar refractivity (Wildman–Crippen MR) is 107 cm³/mol. The van der Waals surface area contributed by atoms with Gasteiger partial charge in [0.1, 0.15) is 5.52 Å². The standard InChI is InChI=1S/C18H13ClF3N3O2S2/c1-3-29(26,27)15-11-7-10(19)4-5-13(11)28-14(15)17-24-12-6-9(18(20,21)22)8-23-16(12)25(17)2/h4-8H,3H2,1-2H3. The summed E-state index contributed by atoms with van der Waals surface area (Å²) in [7, 11) is -2.08. The largest absolute Gasteiger partial charge is 0.417 e. The molecule has 0 amide bonds. The number of imidazole rings is 1. The normalized spacial score (nSPS) is 12.9. The molecule has 0 atom stereocenters. The Morgan fingerprint density at radius 2 is 1.97 bits per heavy atom. The van der Waals surface area contributed by atoms with Gasteiger partial charge in [-0.25, -0.2) is 18.4 Å². The van der Waals surface area contributed by atoms with Crippen LogP contribution < -0.4 is 0 Å². The molecule has 152 valence electrons. The smallest absolute Gasteiger partial charge is 0.311 e. The van der Waals surface area contributed by atoms with Crippen LogP contribution in [-0.4, -0.2) is 28.7 Å². The van der Waals surface area contributed by atoms with E-state index in [9.17, 15) is 21.6 Å². The Balaban J connectivity index is 2.06. The van der Waals surface area contributed by atoms with Gasteiger partial charge in [0.25, 0.3) is 0 Å². The van der Waals surface area contributed by atoms with Crippen molar-refractivity contribution >= 4 is 54.0 Å². The van der Waals surface area contributed by atoms with Gasteiger partial charge in [-0.3, -0.25) is 0 Å². The highest BCUT2D eigenvalue weighted by molar-refractivity contribution is 7.92. The number of alkyl halides is 3. The van der Waals surface area contributed by atoms with Crippen molar-refractivity contribution in [2.45, 2.75) is 18.0 Å². The maximum absolute atomic E-state index is 13.0. The summed E-state index contributed by atoms with van der Waals surface area (Å²) in [6.07, 6.45) is -3.81. The molecule has 0 aliphatic carbocycles. The van der Waals surface area contributed by atoms with Gasteiger partial charge in [-0.1, -0.05) is 18.5 Å². The third kappa shape index (κ3) is 3.28. The van der Waals surface area contributed by atoms with Crippen LogP contribution in [0.4, 0.5) is 13.2 Å². The lowest BCUT2D eigenvalue weighted by Gasteiger charge is -2.06. The Hall–Kier alpha value is -2.17. The highest BCUT2D eigenvalue weighted by atomic mass is 35.5. The first-order valence-corrected chi connectivity index (χ1v) is 11.2. The van der Waals surface area contributed by atoms with Crippen molar-refractivity contribution in [2.24, 2.45) is 7.05 Å². The van der Waals surface area contributed by atoms with Crippen molar-refractivity contribution < 1.29 is 21.6 Å². The molecular weight excluding hydrogens is 447 g/mol. The van der Waals surface area contributed by atoms with E-state index in [-0.39, 0.29) is 27.6 Å². The second kappa shape index (κ2) is 6.68. The first-order valence-electron chi connectivity index (χ1n) is 8.37. The van der Waals surface area contributed by atoms with Crippen molar-refractivity contribution in [3.8, 4) is 10.7 Å². The van der Waals surface area contributed by atoms with E-state index < -0.39 is 21.6 Å². The van der Waals surface area contributed by atoms with Gasteiger partial charge in [0, 0.05) is 28.4 Å². The van der Waals surface area contributed by atoms with Crippen molar-refractivity contribution in [1.82, 2.24) is 14.5 Å². The fourth-order valence-electron chi connectivity index (χ4n) is 3.08. The zero-order chi connectivity index (χ0) is 21.1. The van der Waals surface area contributed by atoms with Crippen LogP contribution in [0.1, 0.15) is 12.5 Å². The molecule has 4 aromatic rings. The fourth-order valence-corrected chi connectivity index (χ4v) is 6.09. The summed E-state index contributed by atoms with van der Waals surface area (Å²) in [6.45, 7) is 1.53. The van der Waals surface area contributed by atoms with E-state index in [1.807, 2.05) is 0 Å². The minimum Gasteiger partial charge on any atom is -0.311 e. The zero-order valence-corrected chi connectivity index (χ0v) is 17.5. The lowest BCUT2D eigenvalue weighted by molar-refractivity contribution is -0.137. The molecule has 3 aromatic heterocycles. The van der Waals surface area contributed by atoms with Gasteiger partial charge < -0.3 is 4.57 Å². The van der Waals surface area contributed by atoms with Crippen molar-refractivity contribution in [2.75, 3.05) is 5.75 Å². The number of nitrogens with zero attached hydrogens (tertiary/aromatic N) is 3. The molecule has 0 fully saturated rings. The van der Waals surface area contributed by atoms with Crippen LogP contribution in [0.15, 0.2) is 35.4 Å². The molecule has 29 heavy (non-hydrogen) atoms. The average Bonchev–Trinajstić information content (AvgIpc) is 3.18. The second-order valence-corrected chi connectivity index (χ2v) is 10.1. The van der Waals surface area contributed by atoms with Gasteiger partial charge in [-0.2, -0.15) is 13.2 Å². The molecule has 0 N–H and O–H groups in total. The van der Waals surface area contributed by atoms with E-state index in [2.05, 4.69) is 9.97 Å². The third-order valence-electron chi connectivity index (χ3n) is 4.53. The van der Waals surface area contributed by atoms with Crippen LogP contribution >= 0.6 is 22.9 Å². The fraction of sp³-hybridized carbons (Fsp3) is 0.222. The molecule has 0 saturated heterocycles. The van der Waals surface area contributed by atoms with Gasteiger partial charge in [-0.15, -0.1) is 11.3 Å². The highest BCUT2D eigenvalue weighted by Gasteiger charge is 2.32. The van der Waals surface area contributed by atoms with E-state index in [1.165, 1.54) is 22.8 Å². The van der Waals surface area contributed by atoms with Crippen LogP contribution in [-0.2, 0) is 23.1 Å². The Bertz CT molecular complexity index is 1370. The Morgan fingerprint density at radius 3 is 2.62 bits per heavy atom. The number of aromatic nitrogens is 3. The molecule has 0 radical (unpaired) electrons. The van der Waals surface area contributed by atoms with Gasteiger partial charge in [0.05, 0.1) is 21.1 Å². The zero-order valence-electron chi connectivity index (χ0n) is 15.1. The molecule has 0 unspecified atom stereocenters. The molecule has 4 rings (SSSR count). The number of thiophene rings is 1. The minimum absolute atomic E-state index is 0.0349. The van der Waals surface area contributed by atoms with E-state index in [1.54, 1.807) is 25.2 Å². The van der Waals surface area contributed by atoms with Crippen LogP contribution in [0.5, 0.6) is 0 Å². The summed E-state index contributed by atoms with van der Waals surface area (Å²) in [4.78, 5) is 8.61. The maximum Gasteiger partial charge on any atom is 0.417 e. The summed E-state index contributed by atoms with van der Waals surface area (Å²) in [5.41, 5.74) is -0.657.